The van der Waals surface area contributed by atoms with Crippen LogP contribution in [0.4, 0.5) is 15.8 Å². The van der Waals surface area contributed by atoms with Gasteiger partial charge in [-0.25, -0.2) is 4.39 Å². The minimum absolute atomic E-state index is 0.166. The van der Waals surface area contributed by atoms with E-state index in [-0.39, 0.29) is 5.82 Å². The number of benzene rings is 1. The second-order valence-electron chi connectivity index (χ2n) is 3.76. The average molecular weight is 194 g/mol. The highest BCUT2D eigenvalue weighted by molar-refractivity contribution is 5.57. The van der Waals surface area contributed by atoms with Crippen LogP contribution in [0.2, 0.25) is 0 Å². The van der Waals surface area contributed by atoms with Gasteiger partial charge in [-0.2, -0.15) is 0 Å². The molecule has 0 unspecified atom stereocenters. The van der Waals surface area contributed by atoms with Crippen molar-refractivity contribution in [2.75, 3.05) is 23.7 Å². The molecule has 2 rings (SSSR count). The molecule has 2 N–H and O–H groups in total. The maximum Gasteiger partial charge on any atom is 0.146 e. The van der Waals surface area contributed by atoms with Gasteiger partial charge in [0.1, 0.15) is 5.82 Å². The summed E-state index contributed by atoms with van der Waals surface area (Å²) in [5.41, 5.74) is 6.93. The Hall–Kier alpha value is -1.25. The Morgan fingerprint density at radius 2 is 1.86 bits per heavy atom. The predicted molar refractivity (Wildman–Crippen MR) is 56.9 cm³/mol. The summed E-state index contributed by atoms with van der Waals surface area (Å²) in [5, 5.41) is 0. The quantitative estimate of drug-likeness (QED) is 0.695. The average Bonchev–Trinajstić information content (AvgIpc) is 2.23. The molecule has 1 aromatic carbocycles. The first-order valence-corrected chi connectivity index (χ1v) is 5.07. The first-order chi connectivity index (χ1) is 6.77. The number of hydrogen-bond donors (Lipinski definition) is 1. The van der Waals surface area contributed by atoms with Crippen LogP contribution in [-0.2, 0) is 0 Å². The Balaban J connectivity index is 2.24. The molecule has 1 saturated heterocycles. The number of halogens is 1. The second kappa shape index (κ2) is 3.86. The van der Waals surface area contributed by atoms with Gasteiger partial charge in [-0.15, -0.1) is 0 Å². The predicted octanol–water partition coefficient (Wildman–Crippen LogP) is 2.40. The Morgan fingerprint density at radius 3 is 2.57 bits per heavy atom. The Labute approximate surface area is 83.5 Å². The minimum Gasteiger partial charge on any atom is -0.399 e. The zero-order valence-electron chi connectivity index (χ0n) is 8.17. The van der Waals surface area contributed by atoms with E-state index in [0.29, 0.717) is 11.4 Å². The van der Waals surface area contributed by atoms with Crippen LogP contribution in [0.3, 0.4) is 0 Å². The lowest BCUT2D eigenvalue weighted by Crippen LogP contribution is -2.30. The first kappa shape index (κ1) is 9.31. The second-order valence-corrected chi connectivity index (χ2v) is 3.76. The fourth-order valence-corrected chi connectivity index (χ4v) is 1.91. The first-order valence-electron chi connectivity index (χ1n) is 5.07. The molecule has 1 heterocycles. The summed E-state index contributed by atoms with van der Waals surface area (Å²) in [6.07, 6.45) is 3.54. The number of anilines is 2. The molecule has 1 aromatic rings. The van der Waals surface area contributed by atoms with Crippen LogP contribution in [-0.4, -0.2) is 13.1 Å². The van der Waals surface area contributed by atoms with Crippen molar-refractivity contribution in [2.24, 2.45) is 0 Å². The molecule has 0 radical (unpaired) electrons. The minimum atomic E-state index is -0.166. The molecule has 0 amide bonds. The van der Waals surface area contributed by atoms with Crippen molar-refractivity contribution in [3.63, 3.8) is 0 Å². The van der Waals surface area contributed by atoms with Gasteiger partial charge in [-0.05, 0) is 37.5 Å². The highest BCUT2D eigenvalue weighted by Gasteiger charge is 2.14. The van der Waals surface area contributed by atoms with Crippen molar-refractivity contribution in [1.29, 1.82) is 0 Å². The normalized spacial score (nSPS) is 17.1. The third-order valence-electron chi connectivity index (χ3n) is 2.67. The third-order valence-corrected chi connectivity index (χ3v) is 2.67. The molecule has 2 nitrogen and oxygen atoms in total. The fourth-order valence-electron chi connectivity index (χ4n) is 1.91. The summed E-state index contributed by atoms with van der Waals surface area (Å²) in [4.78, 5) is 2.08. The number of nitrogens with zero attached hydrogens (tertiary/aromatic N) is 1. The summed E-state index contributed by atoms with van der Waals surface area (Å²) in [6, 6.07) is 4.77. The maximum atomic E-state index is 13.5. The highest BCUT2D eigenvalue weighted by atomic mass is 19.1. The number of rotatable bonds is 1. The molecular weight excluding hydrogens is 179 g/mol. The summed E-state index contributed by atoms with van der Waals surface area (Å²) in [6.45, 7) is 1.89. The molecule has 3 heteroatoms. The SMILES string of the molecule is Nc1ccc(F)c(N2CCCCC2)c1. The van der Waals surface area contributed by atoms with Gasteiger partial charge >= 0.3 is 0 Å². The van der Waals surface area contributed by atoms with E-state index in [2.05, 4.69) is 4.90 Å². The summed E-state index contributed by atoms with van der Waals surface area (Å²) in [5.74, 6) is -0.166. The van der Waals surface area contributed by atoms with Gasteiger partial charge in [-0.1, -0.05) is 0 Å². The molecular formula is C11H15FN2. The van der Waals surface area contributed by atoms with E-state index in [9.17, 15) is 4.39 Å². The molecule has 0 aromatic heterocycles. The van der Waals surface area contributed by atoms with E-state index in [1.807, 2.05) is 0 Å². The maximum absolute atomic E-state index is 13.5. The molecule has 1 aliphatic heterocycles. The summed E-state index contributed by atoms with van der Waals surface area (Å²) >= 11 is 0. The van der Waals surface area contributed by atoms with E-state index >= 15 is 0 Å². The van der Waals surface area contributed by atoms with Crippen LogP contribution in [0.5, 0.6) is 0 Å². The van der Waals surface area contributed by atoms with Crippen molar-refractivity contribution >= 4 is 11.4 Å². The van der Waals surface area contributed by atoms with E-state index in [0.717, 1.165) is 25.9 Å². The molecule has 0 aliphatic carbocycles. The van der Waals surface area contributed by atoms with E-state index in [1.165, 1.54) is 12.5 Å². The highest BCUT2D eigenvalue weighted by Crippen LogP contribution is 2.25. The molecule has 14 heavy (non-hydrogen) atoms. The van der Waals surface area contributed by atoms with E-state index in [4.69, 9.17) is 5.73 Å². The van der Waals surface area contributed by atoms with Gasteiger partial charge in [0.15, 0.2) is 0 Å². The summed E-state index contributed by atoms with van der Waals surface area (Å²) in [7, 11) is 0. The number of nitrogens with two attached hydrogens (primary N) is 1. The van der Waals surface area contributed by atoms with Crippen LogP contribution >= 0.6 is 0 Å². The van der Waals surface area contributed by atoms with Crippen LogP contribution in [0, 0.1) is 5.82 Å². The molecule has 76 valence electrons. The number of nitrogen functional groups attached to an aromatic ring is 1. The largest absolute Gasteiger partial charge is 0.399 e. The van der Waals surface area contributed by atoms with Gasteiger partial charge in [0.05, 0.1) is 5.69 Å². The lowest BCUT2D eigenvalue weighted by atomic mass is 10.1. The van der Waals surface area contributed by atoms with Crippen molar-refractivity contribution in [2.45, 2.75) is 19.3 Å². The zero-order chi connectivity index (χ0) is 9.97. The molecule has 0 spiro atoms. The van der Waals surface area contributed by atoms with Crippen molar-refractivity contribution in [3.8, 4) is 0 Å². The van der Waals surface area contributed by atoms with Crippen LogP contribution in [0.1, 0.15) is 19.3 Å². The van der Waals surface area contributed by atoms with Gasteiger partial charge in [0.2, 0.25) is 0 Å². The number of hydrogen-bond acceptors (Lipinski definition) is 2. The topological polar surface area (TPSA) is 29.3 Å². The Morgan fingerprint density at radius 1 is 1.14 bits per heavy atom. The Bertz CT molecular complexity index is 319. The summed E-state index contributed by atoms with van der Waals surface area (Å²) < 4.78 is 13.5. The monoisotopic (exact) mass is 194 g/mol. The molecule has 0 atom stereocenters. The van der Waals surface area contributed by atoms with Crippen molar-refractivity contribution < 1.29 is 4.39 Å². The lowest BCUT2D eigenvalue weighted by Gasteiger charge is -2.29. The smallest absolute Gasteiger partial charge is 0.146 e. The van der Waals surface area contributed by atoms with Crippen LogP contribution in [0.25, 0.3) is 0 Å². The van der Waals surface area contributed by atoms with Crippen molar-refractivity contribution in [3.05, 3.63) is 24.0 Å². The van der Waals surface area contributed by atoms with Gasteiger partial charge < -0.3 is 10.6 Å². The molecule has 0 bridgehead atoms. The fraction of sp³-hybridized carbons (Fsp3) is 0.455. The van der Waals surface area contributed by atoms with Gasteiger partial charge in [-0.3, -0.25) is 0 Å². The van der Waals surface area contributed by atoms with Crippen LogP contribution < -0.4 is 10.6 Å². The molecule has 1 aliphatic rings. The van der Waals surface area contributed by atoms with Gasteiger partial charge in [0.25, 0.3) is 0 Å². The zero-order valence-corrected chi connectivity index (χ0v) is 8.17. The lowest BCUT2D eigenvalue weighted by molar-refractivity contribution is 0.557. The van der Waals surface area contributed by atoms with Crippen molar-refractivity contribution in [1.82, 2.24) is 0 Å². The number of piperidine rings is 1. The van der Waals surface area contributed by atoms with Crippen LogP contribution in [0.15, 0.2) is 18.2 Å². The Kier molecular flexibility index (Phi) is 2.57. The standard InChI is InChI=1S/C11H15FN2/c12-10-5-4-9(13)8-11(10)14-6-2-1-3-7-14/h4-5,8H,1-3,6-7,13H2. The van der Waals surface area contributed by atoms with E-state index in [1.54, 1.807) is 12.1 Å². The van der Waals surface area contributed by atoms with Gasteiger partial charge in [0, 0.05) is 18.8 Å². The molecule has 0 saturated carbocycles. The molecule has 1 fully saturated rings. The van der Waals surface area contributed by atoms with E-state index < -0.39 is 0 Å². The third kappa shape index (κ3) is 1.81.